The van der Waals surface area contributed by atoms with Crippen molar-refractivity contribution in [2.75, 3.05) is 13.2 Å². The Bertz CT molecular complexity index is 370. The molecule has 2 rings (SSSR count). The summed E-state index contributed by atoms with van der Waals surface area (Å²) in [6.45, 7) is 7.11. The molecular weight excluding hydrogens is 224 g/mol. The summed E-state index contributed by atoms with van der Waals surface area (Å²) < 4.78 is 11.0. The lowest BCUT2D eigenvalue weighted by molar-refractivity contribution is 0.217. The van der Waals surface area contributed by atoms with E-state index in [-0.39, 0.29) is 0 Å². The molecule has 2 heteroatoms. The zero-order valence-electron chi connectivity index (χ0n) is 10.4. The first-order chi connectivity index (χ1) is 8.95. The molecule has 0 unspecified atom stereocenters. The second kappa shape index (κ2) is 8.88. The summed E-state index contributed by atoms with van der Waals surface area (Å²) in [6, 6.07) is 19.5. The standard InChI is InChI=1S/C14H14O2.C2H4/c1-3-7-13(8-4-1)15-11-12-16-14-9-5-2-6-10-14;1-2/h1-10H,11-12H2;1-2H2. The van der Waals surface area contributed by atoms with Gasteiger partial charge in [0.2, 0.25) is 0 Å². The van der Waals surface area contributed by atoms with Gasteiger partial charge in [-0.3, -0.25) is 0 Å². The molecule has 0 N–H and O–H groups in total. The molecule has 0 bridgehead atoms. The SMILES string of the molecule is C=C.c1ccc(OCCOc2ccccc2)cc1. The zero-order chi connectivity index (χ0) is 13.1. The van der Waals surface area contributed by atoms with Crippen molar-refractivity contribution >= 4 is 0 Å². The van der Waals surface area contributed by atoms with Gasteiger partial charge in [0.1, 0.15) is 24.7 Å². The Morgan fingerprint density at radius 2 is 0.944 bits per heavy atom. The molecule has 2 nitrogen and oxygen atoms in total. The number of hydrogen-bond donors (Lipinski definition) is 0. The van der Waals surface area contributed by atoms with Crippen molar-refractivity contribution in [1.29, 1.82) is 0 Å². The van der Waals surface area contributed by atoms with Gasteiger partial charge < -0.3 is 9.47 Å². The van der Waals surface area contributed by atoms with Crippen LogP contribution < -0.4 is 9.47 Å². The summed E-state index contributed by atoms with van der Waals surface area (Å²) in [4.78, 5) is 0. The van der Waals surface area contributed by atoms with E-state index in [1.165, 1.54) is 0 Å². The van der Waals surface area contributed by atoms with E-state index in [1.807, 2.05) is 60.7 Å². The third kappa shape index (κ3) is 5.21. The Morgan fingerprint density at radius 3 is 1.28 bits per heavy atom. The molecule has 0 amide bonds. The van der Waals surface area contributed by atoms with Crippen LogP contribution in [0.25, 0.3) is 0 Å². The molecule has 0 aliphatic heterocycles. The Balaban J connectivity index is 0.000000771. The highest BCUT2D eigenvalue weighted by atomic mass is 16.5. The number of ether oxygens (including phenoxy) is 2. The average Bonchev–Trinajstić information content (AvgIpc) is 2.48. The predicted octanol–water partition coefficient (Wildman–Crippen LogP) is 3.95. The number of rotatable bonds is 5. The van der Waals surface area contributed by atoms with E-state index in [2.05, 4.69) is 13.2 Å². The molecule has 0 spiro atoms. The monoisotopic (exact) mass is 242 g/mol. The van der Waals surface area contributed by atoms with Gasteiger partial charge in [0.15, 0.2) is 0 Å². The summed E-state index contributed by atoms with van der Waals surface area (Å²) in [5, 5.41) is 0. The van der Waals surface area contributed by atoms with E-state index in [0.29, 0.717) is 13.2 Å². The molecule has 0 fully saturated rings. The van der Waals surface area contributed by atoms with Crippen LogP contribution in [0.5, 0.6) is 11.5 Å². The molecule has 0 heterocycles. The minimum Gasteiger partial charge on any atom is -0.490 e. The van der Waals surface area contributed by atoms with Crippen LogP contribution in [0, 0.1) is 0 Å². The second-order valence-corrected chi connectivity index (χ2v) is 3.32. The van der Waals surface area contributed by atoms with Crippen LogP contribution in [-0.4, -0.2) is 13.2 Å². The molecule has 0 aliphatic carbocycles. The lowest BCUT2D eigenvalue weighted by atomic mass is 10.3. The van der Waals surface area contributed by atoms with Crippen LogP contribution in [0.2, 0.25) is 0 Å². The fourth-order valence-corrected chi connectivity index (χ4v) is 1.35. The molecule has 2 aromatic rings. The van der Waals surface area contributed by atoms with Crippen molar-refractivity contribution in [3.8, 4) is 11.5 Å². The zero-order valence-corrected chi connectivity index (χ0v) is 10.4. The molecule has 0 aromatic heterocycles. The minimum atomic E-state index is 0.554. The second-order valence-electron chi connectivity index (χ2n) is 3.32. The van der Waals surface area contributed by atoms with E-state index >= 15 is 0 Å². The normalized spacial score (nSPS) is 8.89. The number of benzene rings is 2. The lowest BCUT2D eigenvalue weighted by Crippen LogP contribution is -2.08. The largest absolute Gasteiger partial charge is 0.490 e. The summed E-state index contributed by atoms with van der Waals surface area (Å²) in [5.74, 6) is 1.75. The van der Waals surface area contributed by atoms with Gasteiger partial charge in [0.25, 0.3) is 0 Å². The smallest absolute Gasteiger partial charge is 0.122 e. The van der Waals surface area contributed by atoms with Gasteiger partial charge in [0.05, 0.1) is 0 Å². The number of hydrogen-bond acceptors (Lipinski definition) is 2. The van der Waals surface area contributed by atoms with E-state index in [0.717, 1.165) is 11.5 Å². The van der Waals surface area contributed by atoms with Crippen molar-refractivity contribution < 1.29 is 9.47 Å². The maximum Gasteiger partial charge on any atom is 0.122 e. The van der Waals surface area contributed by atoms with Gasteiger partial charge in [0, 0.05) is 0 Å². The Labute approximate surface area is 108 Å². The quantitative estimate of drug-likeness (QED) is 0.584. The maximum atomic E-state index is 5.50. The van der Waals surface area contributed by atoms with Crippen LogP contribution >= 0.6 is 0 Å². The predicted molar refractivity (Wildman–Crippen MR) is 75.1 cm³/mol. The molecule has 0 radical (unpaired) electrons. The first kappa shape index (κ1) is 13.8. The van der Waals surface area contributed by atoms with E-state index < -0.39 is 0 Å². The fourth-order valence-electron chi connectivity index (χ4n) is 1.35. The molecular formula is C16H18O2. The molecule has 2 aromatic carbocycles. The fraction of sp³-hybridized carbons (Fsp3) is 0.125. The van der Waals surface area contributed by atoms with Gasteiger partial charge in [-0.1, -0.05) is 36.4 Å². The van der Waals surface area contributed by atoms with Gasteiger partial charge in [-0.05, 0) is 24.3 Å². The topological polar surface area (TPSA) is 18.5 Å². The van der Waals surface area contributed by atoms with Crippen molar-refractivity contribution in [2.24, 2.45) is 0 Å². The third-order valence-electron chi connectivity index (χ3n) is 2.11. The van der Waals surface area contributed by atoms with Gasteiger partial charge in [-0.2, -0.15) is 0 Å². The van der Waals surface area contributed by atoms with E-state index in [1.54, 1.807) is 0 Å². The summed E-state index contributed by atoms with van der Waals surface area (Å²) in [7, 11) is 0. The van der Waals surface area contributed by atoms with Crippen LogP contribution in [-0.2, 0) is 0 Å². The maximum absolute atomic E-state index is 5.50. The Morgan fingerprint density at radius 1 is 0.611 bits per heavy atom. The minimum absolute atomic E-state index is 0.554. The van der Waals surface area contributed by atoms with Crippen molar-refractivity contribution in [3.63, 3.8) is 0 Å². The molecule has 18 heavy (non-hydrogen) atoms. The summed E-state index contributed by atoms with van der Waals surface area (Å²) >= 11 is 0. The first-order valence-electron chi connectivity index (χ1n) is 5.81. The van der Waals surface area contributed by atoms with Crippen molar-refractivity contribution in [2.45, 2.75) is 0 Å². The Kier molecular flexibility index (Phi) is 6.83. The highest BCUT2D eigenvalue weighted by molar-refractivity contribution is 5.22. The van der Waals surface area contributed by atoms with Crippen molar-refractivity contribution in [1.82, 2.24) is 0 Å². The van der Waals surface area contributed by atoms with E-state index in [9.17, 15) is 0 Å². The summed E-state index contributed by atoms with van der Waals surface area (Å²) in [6.07, 6.45) is 0. The van der Waals surface area contributed by atoms with Gasteiger partial charge >= 0.3 is 0 Å². The molecule has 0 aliphatic rings. The van der Waals surface area contributed by atoms with Gasteiger partial charge in [-0.15, -0.1) is 13.2 Å². The van der Waals surface area contributed by atoms with Crippen LogP contribution in [0.15, 0.2) is 73.8 Å². The van der Waals surface area contributed by atoms with Gasteiger partial charge in [-0.25, -0.2) is 0 Å². The number of para-hydroxylation sites is 2. The highest BCUT2D eigenvalue weighted by Crippen LogP contribution is 2.10. The highest BCUT2D eigenvalue weighted by Gasteiger charge is 1.93. The molecule has 94 valence electrons. The molecule has 0 saturated heterocycles. The van der Waals surface area contributed by atoms with Crippen LogP contribution in [0.3, 0.4) is 0 Å². The first-order valence-corrected chi connectivity index (χ1v) is 5.81. The third-order valence-corrected chi connectivity index (χ3v) is 2.11. The molecule has 0 saturated carbocycles. The van der Waals surface area contributed by atoms with Crippen LogP contribution in [0.1, 0.15) is 0 Å². The summed E-state index contributed by atoms with van der Waals surface area (Å²) in [5.41, 5.74) is 0. The van der Waals surface area contributed by atoms with Crippen molar-refractivity contribution in [3.05, 3.63) is 73.8 Å². The molecule has 0 atom stereocenters. The average molecular weight is 242 g/mol. The van der Waals surface area contributed by atoms with E-state index in [4.69, 9.17) is 9.47 Å². The van der Waals surface area contributed by atoms with Crippen LogP contribution in [0.4, 0.5) is 0 Å². The Hall–Kier alpha value is -2.22. The lowest BCUT2D eigenvalue weighted by Gasteiger charge is -2.07.